The van der Waals surface area contributed by atoms with Gasteiger partial charge in [0.15, 0.2) is 5.17 Å². The second-order valence-corrected chi connectivity index (χ2v) is 10.6. The van der Waals surface area contributed by atoms with Crippen LogP contribution in [0.4, 0.5) is 11.4 Å². The molecule has 192 valence electrons. The van der Waals surface area contributed by atoms with Crippen molar-refractivity contribution in [2.24, 2.45) is 4.99 Å². The van der Waals surface area contributed by atoms with Gasteiger partial charge >= 0.3 is 0 Å². The number of para-hydroxylation sites is 1. The number of fused-ring (bicyclic) bond motifs is 1. The van der Waals surface area contributed by atoms with Crippen LogP contribution < -0.4 is 5.32 Å². The molecule has 1 N–H and O–H groups in total. The van der Waals surface area contributed by atoms with Crippen molar-refractivity contribution in [1.29, 1.82) is 0 Å². The van der Waals surface area contributed by atoms with Crippen molar-refractivity contribution < 1.29 is 14.3 Å². The van der Waals surface area contributed by atoms with Gasteiger partial charge < -0.3 is 10.1 Å². The maximum Gasteiger partial charge on any atom is 0.242 e. The monoisotopic (exact) mass is 536 g/mol. The van der Waals surface area contributed by atoms with Gasteiger partial charge in [-0.05, 0) is 30.0 Å². The predicted octanol–water partition coefficient (Wildman–Crippen LogP) is 5.18. The summed E-state index contributed by atoms with van der Waals surface area (Å²) in [5, 5.41) is 5.51. The summed E-state index contributed by atoms with van der Waals surface area (Å²) >= 11 is 7.55. The number of thioether (sulfide) groups is 1. The van der Waals surface area contributed by atoms with E-state index >= 15 is 0 Å². The summed E-state index contributed by atoms with van der Waals surface area (Å²) in [5.74, 6) is -0.334. The minimum Gasteiger partial charge on any atom is -0.379 e. The highest BCUT2D eigenvalue weighted by Crippen LogP contribution is 2.34. The summed E-state index contributed by atoms with van der Waals surface area (Å²) in [4.78, 5) is 35.4. The van der Waals surface area contributed by atoms with Crippen LogP contribution in [-0.4, -0.2) is 71.4 Å². The minimum absolute atomic E-state index is 0.0449. The van der Waals surface area contributed by atoms with Crippen molar-refractivity contribution in [3.8, 4) is 0 Å². The van der Waals surface area contributed by atoms with Gasteiger partial charge in [0, 0.05) is 38.0 Å². The molecule has 5 rings (SSSR count). The standard InChI is InChI=1S/C28H29ClN4O3S/c29-22-10-3-4-11-24(22)30-26(34)19-25-27(35)33(14-6-13-32-15-17-36-18-16-32)28(37-25)31-23-12-5-8-20-7-1-2-9-21(20)23/h1-5,7-12,25H,6,13-19H2,(H,30,34). The van der Waals surface area contributed by atoms with Gasteiger partial charge in [-0.1, -0.05) is 71.9 Å². The zero-order chi connectivity index (χ0) is 25.6. The second kappa shape index (κ2) is 12.1. The molecule has 0 aromatic heterocycles. The zero-order valence-corrected chi connectivity index (χ0v) is 22.0. The molecule has 3 aromatic carbocycles. The molecular formula is C28H29ClN4O3S. The van der Waals surface area contributed by atoms with Gasteiger partial charge in [-0.25, -0.2) is 4.99 Å². The number of amidine groups is 1. The van der Waals surface area contributed by atoms with Gasteiger partial charge in [0.25, 0.3) is 0 Å². The average Bonchev–Trinajstić information content (AvgIpc) is 3.19. The molecule has 9 heteroatoms. The Kier molecular flexibility index (Phi) is 8.41. The summed E-state index contributed by atoms with van der Waals surface area (Å²) in [6.07, 6.45) is 0.864. The fourth-order valence-electron chi connectivity index (χ4n) is 4.55. The fourth-order valence-corrected chi connectivity index (χ4v) is 5.91. The van der Waals surface area contributed by atoms with Gasteiger partial charge in [-0.15, -0.1) is 0 Å². The lowest BCUT2D eigenvalue weighted by Gasteiger charge is -2.27. The summed E-state index contributed by atoms with van der Waals surface area (Å²) in [5.41, 5.74) is 1.35. The number of ether oxygens (including phenoxy) is 1. The van der Waals surface area contributed by atoms with E-state index in [1.165, 1.54) is 11.8 Å². The highest BCUT2D eigenvalue weighted by atomic mass is 35.5. The highest BCUT2D eigenvalue weighted by Gasteiger charge is 2.39. The van der Waals surface area contributed by atoms with Crippen LogP contribution in [0.2, 0.25) is 5.02 Å². The number of nitrogens with zero attached hydrogens (tertiary/aromatic N) is 3. The van der Waals surface area contributed by atoms with Crippen LogP contribution in [0.3, 0.4) is 0 Å². The Bertz CT molecular complexity index is 1310. The number of halogens is 1. The molecule has 2 saturated heterocycles. The van der Waals surface area contributed by atoms with Crippen LogP contribution in [0, 0.1) is 0 Å². The molecule has 3 aromatic rings. The number of carbonyl (C=O) groups is 2. The van der Waals surface area contributed by atoms with E-state index in [0.717, 1.165) is 55.7 Å². The largest absolute Gasteiger partial charge is 0.379 e. The zero-order valence-electron chi connectivity index (χ0n) is 20.4. The first-order chi connectivity index (χ1) is 18.1. The Morgan fingerprint density at radius 1 is 1.03 bits per heavy atom. The van der Waals surface area contributed by atoms with E-state index in [1.54, 1.807) is 23.1 Å². The molecule has 0 bridgehead atoms. The van der Waals surface area contributed by atoms with Crippen LogP contribution in [-0.2, 0) is 14.3 Å². The molecule has 2 fully saturated rings. The number of morpholine rings is 1. The van der Waals surface area contributed by atoms with Crippen molar-refractivity contribution in [1.82, 2.24) is 9.80 Å². The van der Waals surface area contributed by atoms with E-state index in [4.69, 9.17) is 21.3 Å². The molecule has 1 atom stereocenters. The van der Waals surface area contributed by atoms with E-state index < -0.39 is 5.25 Å². The number of carbonyl (C=O) groups excluding carboxylic acids is 2. The minimum atomic E-state index is -0.542. The van der Waals surface area contributed by atoms with Crippen molar-refractivity contribution >= 4 is 62.5 Å². The van der Waals surface area contributed by atoms with Gasteiger partial charge in [0.2, 0.25) is 11.8 Å². The SMILES string of the molecule is O=C(CC1SC(=Nc2cccc3ccccc23)N(CCCN2CCOCC2)C1=O)Nc1ccccc1Cl. The van der Waals surface area contributed by atoms with E-state index in [1.807, 2.05) is 48.5 Å². The Morgan fingerprint density at radius 3 is 2.62 bits per heavy atom. The lowest BCUT2D eigenvalue weighted by molar-refractivity contribution is -0.128. The molecule has 37 heavy (non-hydrogen) atoms. The molecule has 2 aliphatic heterocycles. The van der Waals surface area contributed by atoms with Gasteiger partial charge in [0.05, 0.1) is 29.6 Å². The highest BCUT2D eigenvalue weighted by molar-refractivity contribution is 8.15. The number of anilines is 1. The van der Waals surface area contributed by atoms with E-state index in [-0.39, 0.29) is 18.2 Å². The molecule has 1 unspecified atom stereocenters. The fraction of sp³-hybridized carbons (Fsp3) is 0.321. The second-order valence-electron chi connectivity index (χ2n) is 9.03. The van der Waals surface area contributed by atoms with Crippen molar-refractivity contribution in [3.63, 3.8) is 0 Å². The first kappa shape index (κ1) is 25.7. The normalized spacial score (nSPS) is 19.6. The average molecular weight is 537 g/mol. The summed E-state index contributed by atoms with van der Waals surface area (Å²) in [6, 6.07) is 21.1. The number of rotatable bonds is 8. The number of amides is 2. The third-order valence-electron chi connectivity index (χ3n) is 6.48. The topological polar surface area (TPSA) is 74.2 Å². The van der Waals surface area contributed by atoms with Crippen LogP contribution in [0.15, 0.2) is 71.7 Å². The Morgan fingerprint density at radius 2 is 1.78 bits per heavy atom. The van der Waals surface area contributed by atoms with Crippen molar-refractivity contribution in [3.05, 3.63) is 71.8 Å². The Balaban J connectivity index is 1.34. The first-order valence-electron chi connectivity index (χ1n) is 12.5. The molecule has 0 saturated carbocycles. The smallest absolute Gasteiger partial charge is 0.242 e. The third kappa shape index (κ3) is 6.33. The number of hydrogen-bond donors (Lipinski definition) is 1. The third-order valence-corrected chi connectivity index (χ3v) is 7.99. The molecule has 0 aliphatic carbocycles. The first-order valence-corrected chi connectivity index (χ1v) is 13.7. The van der Waals surface area contributed by atoms with E-state index in [9.17, 15) is 9.59 Å². The van der Waals surface area contributed by atoms with Crippen LogP contribution >= 0.6 is 23.4 Å². The predicted molar refractivity (Wildman–Crippen MR) is 151 cm³/mol. The molecular weight excluding hydrogens is 508 g/mol. The summed E-state index contributed by atoms with van der Waals surface area (Å²) in [6.45, 7) is 4.74. The lowest BCUT2D eigenvalue weighted by Crippen LogP contribution is -2.39. The van der Waals surface area contributed by atoms with E-state index in [2.05, 4.69) is 10.2 Å². The van der Waals surface area contributed by atoms with E-state index in [0.29, 0.717) is 22.4 Å². The summed E-state index contributed by atoms with van der Waals surface area (Å²) in [7, 11) is 0. The molecule has 7 nitrogen and oxygen atoms in total. The quantitative estimate of drug-likeness (QED) is 0.429. The molecule has 0 spiro atoms. The number of nitrogens with one attached hydrogen (secondary N) is 1. The van der Waals surface area contributed by atoms with Crippen LogP contribution in [0.1, 0.15) is 12.8 Å². The van der Waals surface area contributed by atoms with Gasteiger partial charge in [-0.2, -0.15) is 0 Å². The van der Waals surface area contributed by atoms with Gasteiger partial charge in [0.1, 0.15) is 5.25 Å². The molecule has 2 amide bonds. The van der Waals surface area contributed by atoms with Crippen molar-refractivity contribution in [2.75, 3.05) is 44.7 Å². The maximum atomic E-state index is 13.5. The molecule has 2 aliphatic rings. The number of benzene rings is 3. The maximum absolute atomic E-state index is 13.5. The number of aliphatic imine (C=N–C) groups is 1. The Hall–Kier alpha value is -2.91. The molecule has 0 radical (unpaired) electrons. The Labute approximate surface area is 225 Å². The molecule has 2 heterocycles. The van der Waals surface area contributed by atoms with Crippen LogP contribution in [0.5, 0.6) is 0 Å². The van der Waals surface area contributed by atoms with Crippen molar-refractivity contribution in [2.45, 2.75) is 18.1 Å². The summed E-state index contributed by atoms with van der Waals surface area (Å²) < 4.78 is 5.44. The van der Waals surface area contributed by atoms with Crippen LogP contribution in [0.25, 0.3) is 10.8 Å². The lowest BCUT2D eigenvalue weighted by atomic mass is 10.1. The van der Waals surface area contributed by atoms with Gasteiger partial charge in [-0.3, -0.25) is 19.4 Å². The number of hydrogen-bond acceptors (Lipinski definition) is 6.